The number of benzene rings is 1. The third-order valence-electron chi connectivity index (χ3n) is 6.97. The van der Waals surface area contributed by atoms with E-state index in [0.29, 0.717) is 29.8 Å². The molecule has 0 aromatic heterocycles. The Labute approximate surface area is 161 Å². The second kappa shape index (κ2) is 7.28. The van der Waals surface area contributed by atoms with Crippen LogP contribution in [-0.2, 0) is 5.60 Å². The Hall–Kier alpha value is -0.860. The molecule has 0 amide bonds. The number of nitrogens with zero attached hydrogens (tertiary/aromatic N) is 1. The molecular formula is C24H39NO. The first kappa shape index (κ1) is 19.9. The molecule has 2 bridgehead atoms. The van der Waals surface area contributed by atoms with E-state index in [1.165, 1.54) is 41.5 Å². The predicted octanol–water partition coefficient (Wildman–Crippen LogP) is 5.89. The van der Waals surface area contributed by atoms with E-state index in [4.69, 9.17) is 0 Å². The quantitative estimate of drug-likeness (QED) is 0.726. The van der Waals surface area contributed by atoms with Gasteiger partial charge in [0, 0.05) is 12.1 Å². The summed E-state index contributed by atoms with van der Waals surface area (Å²) in [6, 6.07) is 5.83. The smallest absolute Gasteiger partial charge is 0.0931 e. The molecule has 0 aliphatic carbocycles. The normalized spacial score (nSPS) is 29.8. The zero-order valence-corrected chi connectivity index (χ0v) is 18.0. The fourth-order valence-corrected chi connectivity index (χ4v) is 5.35. The van der Waals surface area contributed by atoms with Gasteiger partial charge >= 0.3 is 0 Å². The van der Waals surface area contributed by atoms with Crippen molar-refractivity contribution in [2.75, 3.05) is 7.05 Å². The van der Waals surface area contributed by atoms with Crippen LogP contribution in [0.5, 0.6) is 0 Å². The summed E-state index contributed by atoms with van der Waals surface area (Å²) in [6.45, 7) is 13.7. The van der Waals surface area contributed by atoms with Crippen molar-refractivity contribution in [3.05, 3.63) is 34.4 Å². The second-order valence-corrected chi connectivity index (χ2v) is 9.88. The lowest BCUT2D eigenvalue weighted by molar-refractivity contribution is -0.0885. The number of hydrogen-bond donors (Lipinski definition) is 1. The lowest BCUT2D eigenvalue weighted by atomic mass is 9.68. The van der Waals surface area contributed by atoms with Crippen LogP contribution in [0, 0.1) is 0 Å². The van der Waals surface area contributed by atoms with Gasteiger partial charge in [0.2, 0.25) is 0 Å². The van der Waals surface area contributed by atoms with Crippen LogP contribution in [0.3, 0.4) is 0 Å². The van der Waals surface area contributed by atoms with Gasteiger partial charge in [-0.3, -0.25) is 0 Å². The van der Waals surface area contributed by atoms with Crippen molar-refractivity contribution < 1.29 is 5.11 Å². The lowest BCUT2D eigenvalue weighted by Gasteiger charge is -2.52. The molecule has 1 aromatic rings. The summed E-state index contributed by atoms with van der Waals surface area (Å²) >= 11 is 0. The molecule has 2 nitrogen and oxygen atoms in total. The van der Waals surface area contributed by atoms with Gasteiger partial charge in [-0.1, -0.05) is 60.1 Å². The summed E-state index contributed by atoms with van der Waals surface area (Å²) in [6.07, 6.45) is 5.55. The molecule has 26 heavy (non-hydrogen) atoms. The van der Waals surface area contributed by atoms with Gasteiger partial charge in [-0.25, -0.2) is 0 Å². The predicted molar refractivity (Wildman–Crippen MR) is 111 cm³/mol. The van der Waals surface area contributed by atoms with Crippen molar-refractivity contribution in [3.63, 3.8) is 0 Å². The highest BCUT2D eigenvalue weighted by atomic mass is 16.3. The maximum absolute atomic E-state index is 12.0. The molecule has 3 rings (SSSR count). The number of hydrogen-bond acceptors (Lipinski definition) is 2. The first-order valence-corrected chi connectivity index (χ1v) is 10.8. The van der Waals surface area contributed by atoms with Gasteiger partial charge in [-0.05, 0) is 72.7 Å². The van der Waals surface area contributed by atoms with Crippen molar-refractivity contribution in [2.24, 2.45) is 0 Å². The van der Waals surface area contributed by atoms with Crippen LogP contribution in [0.15, 0.2) is 12.1 Å². The zero-order chi connectivity index (χ0) is 19.2. The number of fused-ring (bicyclic) bond motifs is 2. The molecule has 2 unspecified atom stereocenters. The third-order valence-corrected chi connectivity index (χ3v) is 6.97. The van der Waals surface area contributed by atoms with Crippen LogP contribution in [0.2, 0.25) is 0 Å². The minimum absolute atomic E-state index is 0.435. The Kier molecular flexibility index (Phi) is 5.57. The Morgan fingerprint density at radius 3 is 1.73 bits per heavy atom. The van der Waals surface area contributed by atoms with E-state index in [0.717, 1.165) is 12.8 Å². The van der Waals surface area contributed by atoms with Gasteiger partial charge in [0.15, 0.2) is 0 Å². The Morgan fingerprint density at radius 2 is 1.35 bits per heavy atom. The van der Waals surface area contributed by atoms with Crippen molar-refractivity contribution in [3.8, 4) is 0 Å². The number of rotatable bonds is 4. The number of piperidine rings is 2. The monoisotopic (exact) mass is 357 g/mol. The zero-order valence-electron chi connectivity index (χ0n) is 18.0. The van der Waals surface area contributed by atoms with Gasteiger partial charge < -0.3 is 10.0 Å². The van der Waals surface area contributed by atoms with Crippen LogP contribution in [0.25, 0.3) is 0 Å². The molecule has 146 valence electrons. The largest absolute Gasteiger partial charge is 0.385 e. The van der Waals surface area contributed by atoms with E-state index in [1.807, 2.05) is 0 Å². The SMILES string of the molecule is CC(C)c1cc(C(C)C)c(C2(O)CC3CCCC(C2)N3C)c(C(C)C)c1. The molecule has 2 atom stereocenters. The van der Waals surface area contributed by atoms with Crippen molar-refractivity contribution in [2.45, 2.75) is 109 Å². The van der Waals surface area contributed by atoms with E-state index in [1.54, 1.807) is 0 Å². The number of aliphatic hydroxyl groups is 1. The standard InChI is InChI=1S/C24H39NO/c1-15(2)18-11-21(16(3)4)23(22(12-18)17(5)6)24(26)13-19-9-8-10-20(14-24)25(19)7/h11-12,15-17,19-20,26H,8-10,13-14H2,1-7H3. The Balaban J connectivity index is 2.16. The van der Waals surface area contributed by atoms with Gasteiger partial charge in [-0.15, -0.1) is 0 Å². The first-order chi connectivity index (χ1) is 12.1. The molecule has 0 spiro atoms. The Bertz CT molecular complexity index is 603. The van der Waals surface area contributed by atoms with Crippen LogP contribution in [0.4, 0.5) is 0 Å². The molecular weight excluding hydrogens is 318 g/mol. The summed E-state index contributed by atoms with van der Waals surface area (Å²) in [5, 5.41) is 12.0. The van der Waals surface area contributed by atoms with Crippen LogP contribution in [-0.4, -0.2) is 29.1 Å². The van der Waals surface area contributed by atoms with Crippen molar-refractivity contribution in [1.29, 1.82) is 0 Å². The fraction of sp³-hybridized carbons (Fsp3) is 0.750. The van der Waals surface area contributed by atoms with Gasteiger partial charge in [0.1, 0.15) is 0 Å². The minimum atomic E-state index is -0.670. The molecule has 1 aromatic carbocycles. The average Bonchev–Trinajstić information content (AvgIpc) is 2.55. The maximum atomic E-state index is 12.0. The Morgan fingerprint density at radius 1 is 0.885 bits per heavy atom. The van der Waals surface area contributed by atoms with Crippen molar-refractivity contribution >= 4 is 0 Å². The average molecular weight is 358 g/mol. The van der Waals surface area contributed by atoms with E-state index in [2.05, 4.69) is 65.6 Å². The first-order valence-electron chi connectivity index (χ1n) is 10.8. The molecule has 1 N–H and O–H groups in total. The van der Waals surface area contributed by atoms with Crippen LogP contribution < -0.4 is 0 Å². The topological polar surface area (TPSA) is 23.5 Å². The summed E-state index contributed by atoms with van der Waals surface area (Å²) in [4.78, 5) is 2.55. The van der Waals surface area contributed by atoms with E-state index >= 15 is 0 Å². The molecule has 0 radical (unpaired) electrons. The van der Waals surface area contributed by atoms with Crippen LogP contribution in [0.1, 0.15) is 114 Å². The summed E-state index contributed by atoms with van der Waals surface area (Å²) in [5.41, 5.74) is 4.78. The van der Waals surface area contributed by atoms with E-state index < -0.39 is 5.60 Å². The van der Waals surface area contributed by atoms with E-state index in [9.17, 15) is 5.11 Å². The molecule has 2 fully saturated rings. The summed E-state index contributed by atoms with van der Waals surface area (Å²) in [5.74, 6) is 1.39. The van der Waals surface area contributed by atoms with Crippen molar-refractivity contribution in [1.82, 2.24) is 4.90 Å². The highest BCUT2D eigenvalue weighted by molar-refractivity contribution is 5.47. The van der Waals surface area contributed by atoms with E-state index in [-0.39, 0.29) is 0 Å². The second-order valence-electron chi connectivity index (χ2n) is 9.88. The molecule has 0 saturated carbocycles. The van der Waals surface area contributed by atoms with Gasteiger partial charge in [0.25, 0.3) is 0 Å². The highest BCUT2D eigenvalue weighted by Crippen LogP contribution is 2.48. The maximum Gasteiger partial charge on any atom is 0.0931 e. The van der Waals surface area contributed by atoms with Gasteiger partial charge in [0.05, 0.1) is 5.60 Å². The third kappa shape index (κ3) is 3.47. The fourth-order valence-electron chi connectivity index (χ4n) is 5.35. The minimum Gasteiger partial charge on any atom is -0.385 e. The summed E-state index contributed by atoms with van der Waals surface area (Å²) < 4.78 is 0. The summed E-state index contributed by atoms with van der Waals surface area (Å²) in [7, 11) is 2.27. The molecule has 2 aliphatic rings. The molecule has 2 aliphatic heterocycles. The van der Waals surface area contributed by atoms with Crippen LogP contribution >= 0.6 is 0 Å². The highest BCUT2D eigenvalue weighted by Gasteiger charge is 2.47. The lowest BCUT2D eigenvalue weighted by Crippen LogP contribution is -2.55. The molecule has 2 heterocycles. The van der Waals surface area contributed by atoms with Gasteiger partial charge in [-0.2, -0.15) is 0 Å². The molecule has 2 heteroatoms. The molecule has 2 saturated heterocycles.